The largest absolute Gasteiger partial charge is 0.493 e. The zero-order valence-corrected chi connectivity index (χ0v) is 39.9. The number of aliphatic hydroxyl groups is 1. The topological polar surface area (TPSA) is 212 Å². The number of fused-ring (bicyclic) bond motifs is 4. The average molecular weight is 944 g/mol. The van der Waals surface area contributed by atoms with E-state index in [0.717, 1.165) is 16.0 Å². The molecule has 0 unspecified atom stereocenters. The number of allylic oxidation sites excluding steroid dienone is 4. The number of benzene rings is 3. The Morgan fingerprint density at radius 2 is 1.52 bits per heavy atom. The molecule has 0 spiro atoms. The molecule has 4 N–H and O–H groups in total. The summed E-state index contributed by atoms with van der Waals surface area (Å²) in [4.78, 5) is 74.7. The first-order valence-electron chi connectivity index (χ1n) is 22.9. The maximum absolute atomic E-state index is 14.4. The molecule has 17 nitrogen and oxygen atoms in total. The number of aliphatic hydroxyl groups excluding tert-OH is 1. The summed E-state index contributed by atoms with van der Waals surface area (Å²) in [5, 5.41) is 14.4. The van der Waals surface area contributed by atoms with Crippen LogP contribution in [0.5, 0.6) is 23.0 Å². The minimum atomic E-state index is -0.987. The van der Waals surface area contributed by atoms with Gasteiger partial charge in [0.15, 0.2) is 35.0 Å². The molecule has 0 aliphatic carbocycles. The number of aliphatic imine (C=N–C) groups is 1. The van der Waals surface area contributed by atoms with Crippen LogP contribution in [0.2, 0.25) is 0 Å². The van der Waals surface area contributed by atoms with Crippen LogP contribution in [-0.4, -0.2) is 108 Å². The van der Waals surface area contributed by atoms with E-state index in [2.05, 4.69) is 10.3 Å². The van der Waals surface area contributed by atoms with E-state index >= 15 is 0 Å². The zero-order valence-electron chi connectivity index (χ0n) is 39.9. The minimum Gasteiger partial charge on any atom is -0.493 e. The molecule has 4 amide bonds. The second kappa shape index (κ2) is 21.6. The molecule has 0 saturated carbocycles. The number of amides is 4. The van der Waals surface area contributed by atoms with Crippen molar-refractivity contribution < 1.29 is 57.3 Å². The van der Waals surface area contributed by atoms with Crippen LogP contribution in [0.15, 0.2) is 101 Å². The van der Waals surface area contributed by atoms with Gasteiger partial charge < -0.3 is 44.7 Å². The Balaban J connectivity index is 1.05. The molecule has 3 aromatic carbocycles. The summed E-state index contributed by atoms with van der Waals surface area (Å²) in [6, 6.07) is 10.5. The standard InChI is InChI=1S/C52H58N6O11/c1-8-11-34-19-36-26-54-39-24-45(43(65-6)22-37(39)49(61)56(36)27-34)67-17-10-18-68-46-25-40-38(23-44(46)66-7)50(62)57-28-35(12-9-2)20-41(57)51(63)58(40)52(64)69-29-33-15-13-32(14-16-33)21-42(59)31(5)55-48(60)47(53)30(3)4/h8-9,11-16,22-28,30-31,36,41,47H,10,17-21,29,53H2,1-7H3,(H,55,60)/p+1/b11-8+,12-9+/t31-,36-,41-,47-/m0/s1. The van der Waals surface area contributed by atoms with Gasteiger partial charge in [0, 0.05) is 49.0 Å². The summed E-state index contributed by atoms with van der Waals surface area (Å²) >= 11 is 0. The number of nitrogens with one attached hydrogen (secondary N) is 1. The van der Waals surface area contributed by atoms with Gasteiger partial charge in [-0.1, -0.05) is 62.4 Å². The molecule has 7 rings (SSSR count). The van der Waals surface area contributed by atoms with Gasteiger partial charge in [-0.25, -0.2) is 9.69 Å². The van der Waals surface area contributed by atoms with Crippen molar-refractivity contribution in [3.63, 3.8) is 0 Å². The fourth-order valence-corrected chi connectivity index (χ4v) is 8.33. The monoisotopic (exact) mass is 943 g/mol. The Bertz CT molecular complexity index is 2700. The van der Waals surface area contributed by atoms with Crippen molar-refractivity contribution in [1.29, 1.82) is 0 Å². The minimum absolute atomic E-state index is 0.0215. The number of nitrogens with zero attached hydrogens (tertiary/aromatic N) is 4. The van der Waals surface area contributed by atoms with E-state index in [4.69, 9.17) is 29.4 Å². The molecule has 69 heavy (non-hydrogen) atoms. The number of ether oxygens (including phenoxy) is 5. The van der Waals surface area contributed by atoms with Crippen LogP contribution >= 0.6 is 0 Å². The second-order valence-corrected chi connectivity index (χ2v) is 17.4. The average Bonchev–Trinajstić information content (AvgIpc) is 3.91. The zero-order chi connectivity index (χ0) is 49.5. The summed E-state index contributed by atoms with van der Waals surface area (Å²) in [5.74, 6) is -0.585. The van der Waals surface area contributed by atoms with E-state index < -0.39 is 36.0 Å². The predicted octanol–water partition coefficient (Wildman–Crippen LogP) is 6.77. The van der Waals surface area contributed by atoms with Crippen molar-refractivity contribution >= 4 is 53.1 Å². The van der Waals surface area contributed by atoms with Gasteiger partial charge in [0.1, 0.15) is 12.2 Å². The van der Waals surface area contributed by atoms with Crippen LogP contribution in [-0.2, 0) is 32.1 Å². The number of nitrogens with two attached hydrogens (primary N) is 1. The molecule has 17 heteroatoms. The van der Waals surface area contributed by atoms with Crippen molar-refractivity contribution in [2.45, 2.75) is 91.1 Å². The highest BCUT2D eigenvalue weighted by molar-refractivity contribution is 6.18. The van der Waals surface area contributed by atoms with E-state index in [0.29, 0.717) is 46.7 Å². The first kappa shape index (κ1) is 49.4. The van der Waals surface area contributed by atoms with Gasteiger partial charge in [0.25, 0.3) is 5.91 Å². The number of carbonyl (C=O) groups excluding carboxylic acids is 5. The number of imide groups is 1. The Morgan fingerprint density at radius 3 is 2.17 bits per heavy atom. The third kappa shape index (κ3) is 10.8. The molecule has 3 aromatic rings. The number of anilines is 1. The van der Waals surface area contributed by atoms with Crippen LogP contribution < -0.4 is 34.9 Å². The lowest BCUT2D eigenvalue weighted by molar-refractivity contribution is -0.482. The molecule has 4 atom stereocenters. The Hall–Kier alpha value is -7.53. The van der Waals surface area contributed by atoms with E-state index in [-0.39, 0.29) is 85.0 Å². The predicted molar refractivity (Wildman–Crippen MR) is 259 cm³/mol. The molecular formula is C52H59N6O11+. The number of hydrogen-bond acceptors (Lipinski definition) is 12. The van der Waals surface area contributed by atoms with Gasteiger partial charge in [-0.05, 0) is 55.9 Å². The quantitative estimate of drug-likeness (QED) is 0.0891. The molecule has 0 bridgehead atoms. The number of ketones is 1. The smallest absolute Gasteiger partial charge is 0.421 e. The normalized spacial score (nSPS) is 18.2. The van der Waals surface area contributed by atoms with E-state index in [9.17, 15) is 29.1 Å². The summed E-state index contributed by atoms with van der Waals surface area (Å²) in [6.07, 6.45) is 13.2. The maximum Gasteiger partial charge on any atom is 0.421 e. The van der Waals surface area contributed by atoms with Crippen molar-refractivity contribution in [3.8, 4) is 23.0 Å². The number of rotatable bonds is 18. The first-order valence-corrected chi connectivity index (χ1v) is 22.9. The molecule has 4 heterocycles. The third-order valence-corrected chi connectivity index (χ3v) is 12.2. The highest BCUT2D eigenvalue weighted by Crippen LogP contribution is 2.41. The third-order valence-electron chi connectivity index (χ3n) is 12.2. The molecule has 4 aliphatic heterocycles. The van der Waals surface area contributed by atoms with Crippen molar-refractivity contribution in [1.82, 2.24) is 10.2 Å². The van der Waals surface area contributed by atoms with Gasteiger partial charge in [0.05, 0.1) is 68.9 Å². The van der Waals surface area contributed by atoms with Gasteiger partial charge in [-0.2, -0.15) is 4.58 Å². The lowest BCUT2D eigenvalue weighted by Gasteiger charge is -2.22. The fourth-order valence-electron chi connectivity index (χ4n) is 8.33. The summed E-state index contributed by atoms with van der Waals surface area (Å²) in [7, 11) is 2.94. The SMILES string of the molecule is C/C=C/C1=CN2C(=O)c3cc(OC)c(OCCCOc4cc5c(cc4OC)C(O)=[N+]4C=C(/C=C/C)C[C@H]4C(=O)N5C(=O)OCc4ccc(CC(=O)[C@H](C)NC(=O)[C@@H](N)C(C)C)cc4)cc3N=C[C@@H]2C1. The lowest BCUT2D eigenvalue weighted by atomic mass is 10.0. The number of Topliss-reactive ketones (excluding diaryl/α,β-unsaturated/α-hetero) is 1. The number of hydrogen-bond donors (Lipinski definition) is 3. The van der Waals surface area contributed by atoms with Gasteiger partial charge in [0.2, 0.25) is 11.9 Å². The van der Waals surface area contributed by atoms with Crippen molar-refractivity contribution in [3.05, 3.63) is 119 Å². The van der Waals surface area contributed by atoms with E-state index in [1.807, 2.05) is 58.2 Å². The molecule has 0 radical (unpaired) electrons. The summed E-state index contributed by atoms with van der Waals surface area (Å²) in [5.41, 5.74) is 10.0. The maximum atomic E-state index is 14.4. The number of methoxy groups -OCH3 is 2. The van der Waals surface area contributed by atoms with Gasteiger partial charge >= 0.3 is 17.9 Å². The summed E-state index contributed by atoms with van der Waals surface area (Å²) < 4.78 is 30.8. The Morgan fingerprint density at radius 1 is 0.884 bits per heavy atom. The van der Waals surface area contributed by atoms with Crippen LogP contribution in [0.25, 0.3) is 0 Å². The van der Waals surface area contributed by atoms with Gasteiger partial charge in [-0.3, -0.25) is 24.2 Å². The highest BCUT2D eigenvalue weighted by Gasteiger charge is 2.48. The van der Waals surface area contributed by atoms with Gasteiger partial charge in [-0.15, -0.1) is 0 Å². The molecule has 0 saturated heterocycles. The lowest BCUT2D eigenvalue weighted by Crippen LogP contribution is -2.49. The highest BCUT2D eigenvalue weighted by atomic mass is 16.6. The molecule has 362 valence electrons. The molecule has 0 fully saturated rings. The second-order valence-electron chi connectivity index (χ2n) is 17.4. The van der Waals surface area contributed by atoms with E-state index in [1.165, 1.54) is 30.9 Å². The van der Waals surface area contributed by atoms with Crippen molar-refractivity contribution in [2.75, 3.05) is 32.3 Å². The first-order chi connectivity index (χ1) is 33.1. The molecule has 0 aromatic heterocycles. The van der Waals surface area contributed by atoms with E-state index in [1.54, 1.807) is 60.6 Å². The van der Waals surface area contributed by atoms with Crippen LogP contribution in [0.3, 0.4) is 0 Å². The van der Waals surface area contributed by atoms with Crippen molar-refractivity contribution in [2.24, 2.45) is 16.6 Å². The van der Waals surface area contributed by atoms with Crippen LogP contribution in [0.1, 0.15) is 80.9 Å². The summed E-state index contributed by atoms with van der Waals surface area (Å²) in [6.45, 7) is 9.11. The van der Waals surface area contributed by atoms with Crippen LogP contribution in [0, 0.1) is 5.92 Å². The molecule has 4 aliphatic rings. The Labute approximate surface area is 401 Å². The fraction of sp³-hybridized carbons (Fsp3) is 0.365. The Kier molecular flexibility index (Phi) is 15.5. The van der Waals surface area contributed by atoms with Crippen LogP contribution in [0.4, 0.5) is 16.2 Å². The molecular weight excluding hydrogens is 885 g/mol. The number of carbonyl (C=O) groups is 5.